The van der Waals surface area contributed by atoms with Gasteiger partial charge < -0.3 is 13.6 Å². The summed E-state index contributed by atoms with van der Waals surface area (Å²) in [7, 11) is 0. The fourth-order valence-electron chi connectivity index (χ4n) is 8.26. The van der Waals surface area contributed by atoms with E-state index in [1.807, 2.05) is 25.3 Å². The molecule has 11 rings (SSSR count). The van der Waals surface area contributed by atoms with Crippen molar-refractivity contribution < 1.29 is 4.42 Å². The van der Waals surface area contributed by atoms with Gasteiger partial charge in [-0.15, -0.1) is 6.58 Å². The van der Waals surface area contributed by atoms with Crippen LogP contribution in [0.1, 0.15) is 6.92 Å². The summed E-state index contributed by atoms with van der Waals surface area (Å²) in [4.78, 5) is 4.68. The molecule has 0 amide bonds. The largest absolute Gasteiger partial charge is 0.454 e. The lowest BCUT2D eigenvalue weighted by molar-refractivity contribution is 0.668. The van der Waals surface area contributed by atoms with Crippen LogP contribution in [0.5, 0.6) is 0 Å². The highest BCUT2D eigenvalue weighted by Gasteiger charge is 2.24. The summed E-state index contributed by atoms with van der Waals surface area (Å²) in [6, 6.07) is 60.9. The molecule has 54 heavy (non-hydrogen) atoms. The molecule has 0 unspecified atom stereocenters. The van der Waals surface area contributed by atoms with Crippen molar-refractivity contribution in [2.75, 3.05) is 0 Å². The smallest absolute Gasteiger partial charge is 0.153 e. The SMILES string of the molecule is C=CC.c1ccc(-c2ccc3c4ccccc4n(-c4ccccc4)c3c2-c2cccc3c2c2ccccc2n3-c2ccc3oc4cccnc4c3c2)cc1. The molecule has 0 aliphatic rings. The van der Waals surface area contributed by atoms with Gasteiger partial charge in [0.15, 0.2) is 5.58 Å². The van der Waals surface area contributed by atoms with Crippen LogP contribution in [0.3, 0.4) is 0 Å². The third-order valence-electron chi connectivity index (χ3n) is 10.4. The van der Waals surface area contributed by atoms with Crippen LogP contribution in [0, 0.1) is 0 Å². The molecule has 256 valence electrons. The fraction of sp³-hybridized carbons (Fsp3) is 0.0200. The topological polar surface area (TPSA) is 35.9 Å². The van der Waals surface area contributed by atoms with Gasteiger partial charge in [0, 0.05) is 50.1 Å². The van der Waals surface area contributed by atoms with Gasteiger partial charge in [-0.3, -0.25) is 4.98 Å². The molecule has 0 aliphatic heterocycles. The highest BCUT2D eigenvalue weighted by atomic mass is 16.3. The highest BCUT2D eigenvalue weighted by molar-refractivity contribution is 6.23. The Bertz CT molecular complexity index is 3180. The molecule has 0 bridgehead atoms. The molecule has 0 fully saturated rings. The van der Waals surface area contributed by atoms with E-state index in [-0.39, 0.29) is 0 Å². The fourth-order valence-corrected chi connectivity index (χ4v) is 8.26. The van der Waals surface area contributed by atoms with Gasteiger partial charge in [-0.2, -0.15) is 0 Å². The number of aromatic nitrogens is 3. The Hall–Kier alpha value is -7.17. The van der Waals surface area contributed by atoms with Crippen LogP contribution >= 0.6 is 0 Å². The van der Waals surface area contributed by atoms with E-state index >= 15 is 0 Å². The van der Waals surface area contributed by atoms with E-state index in [1.165, 1.54) is 54.8 Å². The molecule has 0 aliphatic carbocycles. The number of furan rings is 1. The standard InChI is InChI=1S/C47H29N3O.C3H6/c1-3-13-30(14-4-1)33-25-26-35-34-17-7-9-20-39(34)50(31-15-5-2-6-16-31)47(35)45(33)37-19-11-22-41-44(37)36-18-8-10-21-40(36)49(41)32-24-27-42-38(29-32)46-43(51-42)23-12-28-48-46;1-3-2/h1-29H;3H,1H2,2H3. The predicted octanol–water partition coefficient (Wildman–Crippen LogP) is 13.7. The van der Waals surface area contributed by atoms with Gasteiger partial charge in [0.25, 0.3) is 0 Å². The van der Waals surface area contributed by atoms with E-state index in [2.05, 4.69) is 178 Å². The lowest BCUT2D eigenvalue weighted by Crippen LogP contribution is -1.97. The van der Waals surface area contributed by atoms with Crippen molar-refractivity contribution in [3.05, 3.63) is 189 Å². The summed E-state index contributed by atoms with van der Waals surface area (Å²) in [5.41, 5.74) is 14.2. The first-order chi connectivity index (χ1) is 26.7. The molecule has 4 heterocycles. The molecule has 0 saturated heterocycles. The number of allylic oxidation sites excluding steroid dienone is 1. The minimum atomic E-state index is 0.796. The van der Waals surface area contributed by atoms with Crippen LogP contribution in [0.15, 0.2) is 193 Å². The van der Waals surface area contributed by atoms with E-state index in [4.69, 9.17) is 4.42 Å². The zero-order valence-electron chi connectivity index (χ0n) is 29.8. The van der Waals surface area contributed by atoms with E-state index < -0.39 is 0 Å². The third kappa shape index (κ3) is 4.81. The number of pyridine rings is 1. The Kier molecular flexibility index (Phi) is 7.48. The second kappa shape index (κ2) is 12.8. The Morgan fingerprint density at radius 3 is 2.00 bits per heavy atom. The Labute approximate surface area is 312 Å². The second-order valence-corrected chi connectivity index (χ2v) is 13.5. The summed E-state index contributed by atoms with van der Waals surface area (Å²) in [5, 5.41) is 5.90. The molecule has 0 atom stereocenters. The highest BCUT2D eigenvalue weighted by Crippen LogP contribution is 2.47. The lowest BCUT2D eigenvalue weighted by atomic mass is 9.89. The maximum absolute atomic E-state index is 6.17. The summed E-state index contributed by atoms with van der Waals surface area (Å²) >= 11 is 0. The average molecular weight is 694 g/mol. The molecule has 0 spiro atoms. The van der Waals surface area contributed by atoms with Crippen molar-refractivity contribution in [2.45, 2.75) is 6.92 Å². The van der Waals surface area contributed by atoms with Crippen molar-refractivity contribution in [3.8, 4) is 33.6 Å². The number of rotatable bonds is 4. The third-order valence-corrected chi connectivity index (χ3v) is 10.4. The maximum atomic E-state index is 6.17. The summed E-state index contributed by atoms with van der Waals surface area (Å²) in [5.74, 6) is 0. The van der Waals surface area contributed by atoms with Gasteiger partial charge in [0.05, 0.1) is 22.1 Å². The number of para-hydroxylation sites is 3. The van der Waals surface area contributed by atoms with Crippen molar-refractivity contribution in [1.82, 2.24) is 14.1 Å². The normalized spacial score (nSPS) is 11.5. The molecular weight excluding hydrogens is 659 g/mol. The van der Waals surface area contributed by atoms with Gasteiger partial charge in [0.2, 0.25) is 0 Å². The van der Waals surface area contributed by atoms with Crippen LogP contribution in [0.2, 0.25) is 0 Å². The minimum absolute atomic E-state index is 0.796. The average Bonchev–Trinajstić information content (AvgIpc) is 3.89. The van der Waals surface area contributed by atoms with Crippen LogP contribution in [-0.2, 0) is 0 Å². The van der Waals surface area contributed by atoms with Gasteiger partial charge in [-0.25, -0.2) is 0 Å². The van der Waals surface area contributed by atoms with Gasteiger partial charge in [-0.05, 0) is 84.3 Å². The molecular formula is C50H35N3O. The van der Waals surface area contributed by atoms with E-state index in [0.29, 0.717) is 0 Å². The van der Waals surface area contributed by atoms with Crippen LogP contribution in [-0.4, -0.2) is 14.1 Å². The van der Waals surface area contributed by atoms with Gasteiger partial charge in [0.1, 0.15) is 11.1 Å². The number of nitrogens with zero attached hydrogens (tertiary/aromatic N) is 3. The zero-order chi connectivity index (χ0) is 36.2. The van der Waals surface area contributed by atoms with Crippen LogP contribution < -0.4 is 0 Å². The maximum Gasteiger partial charge on any atom is 0.153 e. The molecule has 4 heteroatoms. The number of hydrogen-bond acceptors (Lipinski definition) is 2. The lowest BCUT2D eigenvalue weighted by Gasteiger charge is -2.17. The summed E-state index contributed by atoms with van der Waals surface area (Å²) in [6.45, 7) is 5.25. The first kappa shape index (κ1) is 31.6. The van der Waals surface area contributed by atoms with E-state index in [9.17, 15) is 0 Å². The quantitative estimate of drug-likeness (QED) is 0.172. The minimum Gasteiger partial charge on any atom is -0.454 e. The van der Waals surface area contributed by atoms with Crippen molar-refractivity contribution in [1.29, 1.82) is 0 Å². The number of hydrogen-bond donors (Lipinski definition) is 0. The van der Waals surface area contributed by atoms with Crippen molar-refractivity contribution >= 4 is 65.7 Å². The van der Waals surface area contributed by atoms with Crippen LogP contribution in [0.4, 0.5) is 0 Å². The first-order valence-electron chi connectivity index (χ1n) is 18.3. The summed E-state index contributed by atoms with van der Waals surface area (Å²) < 4.78 is 11.0. The molecule has 11 aromatic rings. The monoisotopic (exact) mass is 693 g/mol. The molecule has 0 saturated carbocycles. The molecule has 4 aromatic heterocycles. The van der Waals surface area contributed by atoms with E-state index in [0.717, 1.165) is 44.5 Å². The summed E-state index contributed by atoms with van der Waals surface area (Å²) in [6.07, 6.45) is 3.58. The number of fused-ring (bicyclic) bond motifs is 9. The number of benzene rings is 7. The molecule has 4 nitrogen and oxygen atoms in total. The van der Waals surface area contributed by atoms with Gasteiger partial charge >= 0.3 is 0 Å². The van der Waals surface area contributed by atoms with Crippen molar-refractivity contribution in [2.24, 2.45) is 0 Å². The van der Waals surface area contributed by atoms with Crippen molar-refractivity contribution in [3.63, 3.8) is 0 Å². The predicted molar refractivity (Wildman–Crippen MR) is 227 cm³/mol. The Balaban J connectivity index is 0.00000117. The van der Waals surface area contributed by atoms with Gasteiger partial charge in [-0.1, -0.05) is 115 Å². The van der Waals surface area contributed by atoms with E-state index in [1.54, 1.807) is 6.08 Å². The molecule has 7 aromatic carbocycles. The second-order valence-electron chi connectivity index (χ2n) is 13.5. The first-order valence-corrected chi connectivity index (χ1v) is 18.3. The Morgan fingerprint density at radius 2 is 1.20 bits per heavy atom. The zero-order valence-corrected chi connectivity index (χ0v) is 29.8. The molecule has 0 N–H and O–H groups in total. The Morgan fingerprint density at radius 1 is 0.519 bits per heavy atom. The van der Waals surface area contributed by atoms with Crippen LogP contribution in [0.25, 0.3) is 99.3 Å². The molecule has 0 radical (unpaired) electrons.